The summed E-state index contributed by atoms with van der Waals surface area (Å²) in [5, 5.41) is 18.8. The Kier molecular flexibility index (Phi) is 7.40. The van der Waals surface area contributed by atoms with Gasteiger partial charge < -0.3 is 20.7 Å². The Balaban J connectivity index is 2.30. The summed E-state index contributed by atoms with van der Waals surface area (Å²) in [7, 11) is 0. The van der Waals surface area contributed by atoms with Crippen LogP contribution in [0.15, 0.2) is 28.7 Å². The molecule has 0 aromatic heterocycles. The lowest BCUT2D eigenvalue weighted by Gasteiger charge is -2.14. The zero-order chi connectivity index (χ0) is 18.0. The predicted octanol–water partition coefficient (Wildman–Crippen LogP) is 4.72. The van der Waals surface area contributed by atoms with Crippen LogP contribution in [0, 0.1) is 10.7 Å². The number of aliphatic carboxylic acids is 1. The second kappa shape index (κ2) is 8.68. The lowest BCUT2D eigenvalue weighted by Crippen LogP contribution is -2.32. The summed E-state index contributed by atoms with van der Waals surface area (Å²) < 4.78 is 8.87. The van der Waals surface area contributed by atoms with Gasteiger partial charge in [0.1, 0.15) is 17.5 Å². The van der Waals surface area contributed by atoms with Gasteiger partial charge in [-0.3, -0.25) is 4.79 Å². The summed E-state index contributed by atoms with van der Waals surface area (Å²) in [5.41, 5.74) is 6.39. The second-order valence-corrected chi connectivity index (χ2v) is 9.22. The normalized spacial score (nSPS) is 12.0. The van der Waals surface area contributed by atoms with Gasteiger partial charge >= 0.3 is 5.97 Å². The van der Waals surface area contributed by atoms with E-state index in [-0.39, 0.29) is 12.2 Å². The summed E-state index contributed by atoms with van der Waals surface area (Å²) in [5.74, 6) is 0.431. The second-order valence-electron chi connectivity index (χ2n) is 4.88. The van der Waals surface area contributed by atoms with E-state index < -0.39 is 12.0 Å². The van der Waals surface area contributed by atoms with E-state index in [1.807, 2.05) is 51.2 Å². The van der Waals surface area contributed by atoms with Crippen LogP contribution in [0.4, 0.5) is 0 Å². The standard InChI is InChI=1S/C15H11BrI3NO4/c16-8-1-6(3-12(20)15(22)23)2-11(19)14(8)24-7-4-9(17)13(21)10(18)5-7/h1-2,4-5,12,21H,3,20H2,(H,22,23). The number of aromatic hydroxyl groups is 1. The highest BCUT2D eigenvalue weighted by Gasteiger charge is 2.16. The fourth-order valence-corrected chi connectivity index (χ4v) is 5.36. The number of carboxylic acid groups (broad SMARTS) is 1. The monoisotopic (exact) mass is 729 g/mol. The highest BCUT2D eigenvalue weighted by Crippen LogP contribution is 2.38. The molecule has 24 heavy (non-hydrogen) atoms. The number of phenolic OH excluding ortho intramolecular Hbond substituents is 1. The van der Waals surface area contributed by atoms with Crippen LogP contribution in [0.25, 0.3) is 0 Å². The van der Waals surface area contributed by atoms with Gasteiger partial charge in [0.25, 0.3) is 0 Å². The first-order chi connectivity index (χ1) is 11.2. The molecule has 9 heteroatoms. The lowest BCUT2D eigenvalue weighted by molar-refractivity contribution is -0.138. The maximum atomic E-state index is 10.9. The topological polar surface area (TPSA) is 92.8 Å². The number of carboxylic acids is 1. The first-order valence-corrected chi connectivity index (χ1v) is 10.5. The molecule has 0 radical (unpaired) electrons. The van der Waals surface area contributed by atoms with Gasteiger partial charge in [0.15, 0.2) is 5.75 Å². The predicted molar refractivity (Wildman–Crippen MR) is 120 cm³/mol. The molecule has 0 heterocycles. The van der Waals surface area contributed by atoms with Crippen LogP contribution in [-0.4, -0.2) is 22.2 Å². The molecule has 0 amide bonds. The van der Waals surface area contributed by atoms with Gasteiger partial charge in [-0.1, -0.05) is 0 Å². The van der Waals surface area contributed by atoms with E-state index >= 15 is 0 Å². The lowest BCUT2D eigenvalue weighted by atomic mass is 10.1. The Morgan fingerprint density at radius 3 is 2.25 bits per heavy atom. The summed E-state index contributed by atoms with van der Waals surface area (Å²) in [6.07, 6.45) is 0.235. The number of phenols is 1. The van der Waals surface area contributed by atoms with E-state index in [4.69, 9.17) is 15.6 Å². The van der Waals surface area contributed by atoms with Crippen LogP contribution in [0.2, 0.25) is 0 Å². The maximum Gasteiger partial charge on any atom is 0.320 e. The van der Waals surface area contributed by atoms with Crippen LogP contribution < -0.4 is 10.5 Å². The van der Waals surface area contributed by atoms with E-state index in [1.54, 1.807) is 18.2 Å². The maximum absolute atomic E-state index is 10.9. The summed E-state index contributed by atoms with van der Waals surface area (Å²) in [4.78, 5) is 10.9. The van der Waals surface area contributed by atoms with Crippen LogP contribution in [0.3, 0.4) is 0 Å². The molecule has 2 aromatic rings. The third-order valence-electron chi connectivity index (χ3n) is 3.04. The minimum absolute atomic E-state index is 0.232. The minimum Gasteiger partial charge on any atom is -0.506 e. The zero-order valence-corrected chi connectivity index (χ0v) is 20.0. The number of rotatable bonds is 5. The number of carbonyl (C=O) groups is 1. The van der Waals surface area contributed by atoms with Crippen molar-refractivity contribution in [2.75, 3.05) is 0 Å². The van der Waals surface area contributed by atoms with Gasteiger partial charge in [-0.05, 0) is 120 Å². The molecule has 0 aliphatic rings. The molecule has 2 aromatic carbocycles. The molecule has 0 aliphatic heterocycles. The summed E-state index contributed by atoms with van der Waals surface area (Å²) in [6.45, 7) is 0. The molecule has 1 unspecified atom stereocenters. The van der Waals surface area contributed by atoms with Crippen molar-refractivity contribution >= 4 is 89.7 Å². The Labute approximate surface area is 187 Å². The van der Waals surface area contributed by atoms with Crippen LogP contribution >= 0.6 is 83.7 Å². The average Bonchev–Trinajstić information content (AvgIpc) is 2.48. The third kappa shape index (κ3) is 5.08. The van der Waals surface area contributed by atoms with Crippen molar-refractivity contribution in [2.45, 2.75) is 12.5 Å². The molecule has 0 bridgehead atoms. The van der Waals surface area contributed by atoms with Crippen LogP contribution in [0.1, 0.15) is 5.56 Å². The van der Waals surface area contributed by atoms with E-state index in [9.17, 15) is 9.90 Å². The molecular formula is C15H11BrI3NO4. The van der Waals surface area contributed by atoms with E-state index in [2.05, 4.69) is 38.5 Å². The number of benzene rings is 2. The Morgan fingerprint density at radius 1 is 1.17 bits per heavy atom. The quantitative estimate of drug-likeness (QED) is 0.388. The molecule has 0 saturated carbocycles. The third-order valence-corrected chi connectivity index (χ3v) is 6.08. The van der Waals surface area contributed by atoms with Crippen molar-refractivity contribution in [1.82, 2.24) is 0 Å². The molecule has 0 fully saturated rings. The number of halogens is 4. The molecule has 128 valence electrons. The van der Waals surface area contributed by atoms with E-state index in [1.165, 1.54) is 0 Å². The smallest absolute Gasteiger partial charge is 0.320 e. The van der Waals surface area contributed by atoms with Crippen LogP contribution in [-0.2, 0) is 11.2 Å². The summed E-state index contributed by atoms with van der Waals surface area (Å²) in [6, 6.07) is 6.19. The average molecular weight is 730 g/mol. The van der Waals surface area contributed by atoms with Crippen molar-refractivity contribution in [3.63, 3.8) is 0 Å². The molecule has 0 saturated heterocycles. The van der Waals surface area contributed by atoms with E-state index in [0.29, 0.717) is 23.1 Å². The molecule has 0 aliphatic carbocycles. The fourth-order valence-electron chi connectivity index (χ4n) is 1.89. The van der Waals surface area contributed by atoms with E-state index in [0.717, 1.165) is 9.13 Å². The van der Waals surface area contributed by atoms with Gasteiger partial charge in [0, 0.05) is 0 Å². The number of nitrogens with two attached hydrogens (primary N) is 1. The van der Waals surface area contributed by atoms with Crippen molar-refractivity contribution in [1.29, 1.82) is 0 Å². The van der Waals surface area contributed by atoms with Crippen molar-refractivity contribution in [3.8, 4) is 17.2 Å². The number of ether oxygens (including phenoxy) is 1. The summed E-state index contributed by atoms with van der Waals surface area (Å²) >= 11 is 9.68. The number of hydrogen-bond donors (Lipinski definition) is 3. The largest absolute Gasteiger partial charge is 0.506 e. The molecule has 2 rings (SSSR count). The van der Waals surface area contributed by atoms with Crippen molar-refractivity contribution in [2.24, 2.45) is 5.73 Å². The first kappa shape index (κ1) is 20.5. The minimum atomic E-state index is -1.03. The zero-order valence-electron chi connectivity index (χ0n) is 11.9. The highest BCUT2D eigenvalue weighted by molar-refractivity contribution is 14.1. The van der Waals surface area contributed by atoms with Gasteiger partial charge in [0.2, 0.25) is 0 Å². The molecular weight excluding hydrogens is 719 g/mol. The van der Waals surface area contributed by atoms with Gasteiger partial charge in [0.05, 0.1) is 15.2 Å². The van der Waals surface area contributed by atoms with Gasteiger partial charge in [-0.15, -0.1) is 0 Å². The first-order valence-electron chi connectivity index (χ1n) is 6.51. The Hall–Kier alpha value is 0.140. The van der Waals surface area contributed by atoms with Crippen LogP contribution in [0.5, 0.6) is 17.2 Å². The Morgan fingerprint density at radius 2 is 1.75 bits per heavy atom. The molecule has 1 atom stereocenters. The highest BCUT2D eigenvalue weighted by atomic mass is 127. The van der Waals surface area contributed by atoms with Crippen molar-refractivity contribution in [3.05, 3.63) is 45.0 Å². The Bertz CT molecular complexity index is 754. The van der Waals surface area contributed by atoms with Crippen molar-refractivity contribution < 1.29 is 19.7 Å². The molecule has 0 spiro atoms. The van der Waals surface area contributed by atoms with Gasteiger partial charge in [-0.2, -0.15) is 0 Å². The van der Waals surface area contributed by atoms with Gasteiger partial charge in [-0.25, -0.2) is 0 Å². The fraction of sp³-hybridized carbons (Fsp3) is 0.133. The number of hydrogen-bond acceptors (Lipinski definition) is 4. The molecule has 4 N–H and O–H groups in total. The molecule has 5 nitrogen and oxygen atoms in total. The SMILES string of the molecule is NC(Cc1cc(Br)c(Oc2cc(I)c(O)c(I)c2)c(I)c1)C(=O)O.